The van der Waals surface area contributed by atoms with Gasteiger partial charge in [-0.05, 0) is 60.9 Å². The zero-order chi connectivity index (χ0) is 17.1. The summed E-state index contributed by atoms with van der Waals surface area (Å²) in [6.45, 7) is 3.80. The molecule has 0 radical (unpaired) electrons. The number of carbonyl (C=O) groups excluding carboxylic acids is 1. The van der Waals surface area contributed by atoms with Crippen LogP contribution in [0.5, 0.6) is 0 Å². The number of hydrogen-bond donors (Lipinski definition) is 1. The Morgan fingerprint density at radius 3 is 2.96 bits per heavy atom. The van der Waals surface area contributed by atoms with Crippen molar-refractivity contribution in [1.29, 1.82) is 0 Å². The number of nitrogens with zero attached hydrogens (tertiary/aromatic N) is 3. The Balaban J connectivity index is 1.74. The molecule has 1 amide bonds. The van der Waals surface area contributed by atoms with Gasteiger partial charge in [0.05, 0.1) is 11.4 Å². The van der Waals surface area contributed by atoms with E-state index in [9.17, 15) is 4.79 Å². The van der Waals surface area contributed by atoms with Crippen LogP contribution in [-0.2, 0) is 6.42 Å². The molecule has 1 N–H and O–H groups in total. The summed E-state index contributed by atoms with van der Waals surface area (Å²) in [6.07, 6.45) is 0.788. The van der Waals surface area contributed by atoms with Gasteiger partial charge in [0.15, 0.2) is 5.69 Å². The van der Waals surface area contributed by atoms with Gasteiger partial charge in [-0.3, -0.25) is 4.79 Å². The molecule has 0 saturated carbocycles. The second-order valence-electron chi connectivity index (χ2n) is 5.63. The number of benzene rings is 1. The maximum Gasteiger partial charge on any atom is 0.273 e. The SMILES string of the molecule is Cc1c(C(=O)NC(C)Cc2ccsc2)nnn1-c1cccc(Cl)c1. The molecule has 0 saturated heterocycles. The standard InChI is InChI=1S/C17H17ClN4OS/c1-11(8-13-6-7-24-10-13)19-17(23)16-12(2)22(21-20-16)15-5-3-4-14(18)9-15/h3-7,9-11H,8H2,1-2H3,(H,19,23). The highest BCUT2D eigenvalue weighted by Gasteiger charge is 2.19. The summed E-state index contributed by atoms with van der Waals surface area (Å²) < 4.78 is 1.62. The zero-order valence-electron chi connectivity index (χ0n) is 13.4. The van der Waals surface area contributed by atoms with Gasteiger partial charge >= 0.3 is 0 Å². The quantitative estimate of drug-likeness (QED) is 0.755. The van der Waals surface area contributed by atoms with Gasteiger partial charge in [-0.1, -0.05) is 22.9 Å². The lowest BCUT2D eigenvalue weighted by Gasteiger charge is -2.12. The van der Waals surface area contributed by atoms with Crippen molar-refractivity contribution in [3.63, 3.8) is 0 Å². The fraction of sp³-hybridized carbons (Fsp3) is 0.235. The number of amides is 1. The smallest absolute Gasteiger partial charge is 0.273 e. The molecule has 7 heteroatoms. The molecule has 5 nitrogen and oxygen atoms in total. The summed E-state index contributed by atoms with van der Waals surface area (Å²) in [4.78, 5) is 12.5. The van der Waals surface area contributed by atoms with E-state index in [1.807, 2.05) is 31.4 Å². The Morgan fingerprint density at radius 2 is 2.25 bits per heavy atom. The minimum Gasteiger partial charge on any atom is -0.348 e. The van der Waals surface area contributed by atoms with E-state index in [-0.39, 0.29) is 11.9 Å². The normalized spacial score (nSPS) is 12.1. The molecule has 24 heavy (non-hydrogen) atoms. The van der Waals surface area contributed by atoms with Crippen LogP contribution in [0.25, 0.3) is 5.69 Å². The first-order valence-corrected chi connectivity index (χ1v) is 8.87. The van der Waals surface area contributed by atoms with Crippen molar-refractivity contribution >= 4 is 28.8 Å². The van der Waals surface area contributed by atoms with E-state index in [1.165, 1.54) is 5.56 Å². The Hall–Kier alpha value is -2.18. The van der Waals surface area contributed by atoms with E-state index in [1.54, 1.807) is 28.2 Å². The number of aromatic nitrogens is 3. The number of nitrogens with one attached hydrogen (secondary N) is 1. The molecule has 0 aliphatic heterocycles. The Kier molecular flexibility index (Phi) is 4.97. The van der Waals surface area contributed by atoms with Gasteiger partial charge in [-0.15, -0.1) is 5.10 Å². The molecule has 1 aromatic carbocycles. The second kappa shape index (κ2) is 7.15. The van der Waals surface area contributed by atoms with Gasteiger partial charge in [0.2, 0.25) is 0 Å². The molecule has 0 aliphatic rings. The minimum atomic E-state index is -0.219. The maximum atomic E-state index is 12.5. The van der Waals surface area contributed by atoms with Crippen molar-refractivity contribution < 1.29 is 4.79 Å². The van der Waals surface area contributed by atoms with Gasteiger partial charge in [-0.2, -0.15) is 11.3 Å². The van der Waals surface area contributed by atoms with E-state index in [4.69, 9.17) is 11.6 Å². The van der Waals surface area contributed by atoms with Crippen LogP contribution >= 0.6 is 22.9 Å². The van der Waals surface area contributed by atoms with Crippen LogP contribution in [0.3, 0.4) is 0 Å². The molecule has 1 unspecified atom stereocenters. The van der Waals surface area contributed by atoms with E-state index < -0.39 is 0 Å². The highest BCUT2D eigenvalue weighted by molar-refractivity contribution is 7.07. The number of thiophene rings is 1. The van der Waals surface area contributed by atoms with Crippen molar-refractivity contribution in [1.82, 2.24) is 20.3 Å². The lowest BCUT2D eigenvalue weighted by molar-refractivity contribution is 0.0934. The summed E-state index contributed by atoms with van der Waals surface area (Å²) in [5.74, 6) is -0.219. The minimum absolute atomic E-state index is 0.0165. The van der Waals surface area contributed by atoms with Crippen molar-refractivity contribution in [3.05, 3.63) is 63.1 Å². The highest BCUT2D eigenvalue weighted by atomic mass is 35.5. The summed E-state index contributed by atoms with van der Waals surface area (Å²) in [6, 6.07) is 9.35. The molecule has 0 bridgehead atoms. The molecule has 3 rings (SSSR count). The van der Waals surface area contributed by atoms with Crippen molar-refractivity contribution in [2.45, 2.75) is 26.3 Å². The molecule has 0 spiro atoms. The second-order valence-corrected chi connectivity index (χ2v) is 6.84. The first kappa shape index (κ1) is 16.7. The first-order chi connectivity index (χ1) is 11.5. The van der Waals surface area contributed by atoms with Gasteiger partial charge in [0, 0.05) is 11.1 Å². The van der Waals surface area contributed by atoms with Crippen LogP contribution in [-0.4, -0.2) is 26.9 Å². The highest BCUT2D eigenvalue weighted by Crippen LogP contribution is 2.17. The molecular formula is C17H17ClN4OS. The Morgan fingerprint density at radius 1 is 1.42 bits per heavy atom. The Bertz CT molecular complexity index is 844. The lowest BCUT2D eigenvalue weighted by Crippen LogP contribution is -2.34. The molecule has 2 aromatic heterocycles. The molecule has 1 atom stereocenters. The maximum absolute atomic E-state index is 12.5. The Labute approximate surface area is 149 Å². The third kappa shape index (κ3) is 3.66. The number of hydrogen-bond acceptors (Lipinski definition) is 4. The number of halogens is 1. The summed E-state index contributed by atoms with van der Waals surface area (Å²) in [5.41, 5.74) is 3.00. The topological polar surface area (TPSA) is 59.8 Å². The van der Waals surface area contributed by atoms with Gasteiger partial charge in [-0.25, -0.2) is 4.68 Å². The fourth-order valence-electron chi connectivity index (χ4n) is 2.50. The van der Waals surface area contributed by atoms with Crippen molar-refractivity contribution in [2.75, 3.05) is 0 Å². The van der Waals surface area contributed by atoms with Crippen molar-refractivity contribution in [2.24, 2.45) is 0 Å². The molecule has 124 valence electrons. The van der Waals surface area contributed by atoms with Crippen LogP contribution in [0.1, 0.15) is 28.7 Å². The molecular weight excluding hydrogens is 344 g/mol. The fourth-order valence-corrected chi connectivity index (χ4v) is 3.36. The van der Waals surface area contributed by atoms with E-state index >= 15 is 0 Å². The number of rotatable bonds is 5. The predicted molar refractivity (Wildman–Crippen MR) is 96.1 cm³/mol. The summed E-state index contributed by atoms with van der Waals surface area (Å²) in [7, 11) is 0. The summed E-state index contributed by atoms with van der Waals surface area (Å²) >= 11 is 7.67. The average Bonchev–Trinajstić information content (AvgIpc) is 3.16. The van der Waals surface area contributed by atoms with Crippen LogP contribution in [0.4, 0.5) is 0 Å². The molecule has 0 aliphatic carbocycles. The molecule has 0 fully saturated rings. The van der Waals surface area contributed by atoms with Crippen LogP contribution in [0.15, 0.2) is 41.1 Å². The van der Waals surface area contributed by atoms with E-state index in [0.29, 0.717) is 16.4 Å². The van der Waals surface area contributed by atoms with Crippen LogP contribution in [0, 0.1) is 6.92 Å². The third-order valence-electron chi connectivity index (χ3n) is 3.66. The van der Waals surface area contributed by atoms with Crippen LogP contribution in [0.2, 0.25) is 5.02 Å². The zero-order valence-corrected chi connectivity index (χ0v) is 14.9. The molecule has 2 heterocycles. The lowest BCUT2D eigenvalue weighted by atomic mass is 10.1. The predicted octanol–water partition coefficient (Wildman–Crippen LogP) is 3.65. The van der Waals surface area contributed by atoms with Gasteiger partial charge in [0.1, 0.15) is 0 Å². The largest absolute Gasteiger partial charge is 0.348 e. The van der Waals surface area contributed by atoms with Gasteiger partial charge < -0.3 is 5.32 Å². The average molecular weight is 361 g/mol. The molecule has 3 aromatic rings. The van der Waals surface area contributed by atoms with Crippen LogP contribution < -0.4 is 5.32 Å². The van der Waals surface area contributed by atoms with Gasteiger partial charge in [0.25, 0.3) is 5.91 Å². The van der Waals surface area contributed by atoms with Crippen molar-refractivity contribution in [3.8, 4) is 5.69 Å². The van der Waals surface area contributed by atoms with E-state index in [2.05, 4.69) is 27.1 Å². The van der Waals surface area contributed by atoms with E-state index in [0.717, 1.165) is 12.1 Å². The third-order valence-corrected chi connectivity index (χ3v) is 4.63. The summed E-state index contributed by atoms with van der Waals surface area (Å²) in [5, 5.41) is 15.8. The number of carbonyl (C=O) groups is 1. The monoisotopic (exact) mass is 360 g/mol. The first-order valence-electron chi connectivity index (χ1n) is 7.55.